The first kappa shape index (κ1) is 21.2. The van der Waals surface area contributed by atoms with Gasteiger partial charge in [0.2, 0.25) is 0 Å². The van der Waals surface area contributed by atoms with Gasteiger partial charge in [-0.25, -0.2) is 9.59 Å². The van der Waals surface area contributed by atoms with E-state index in [4.69, 9.17) is 24.5 Å². The van der Waals surface area contributed by atoms with Crippen molar-refractivity contribution in [3.8, 4) is 5.75 Å². The normalized spacial score (nSPS) is 10.2. The number of nitrogens with one attached hydrogen (secondary N) is 1. The third-order valence-corrected chi connectivity index (χ3v) is 3.77. The highest BCUT2D eigenvalue weighted by molar-refractivity contribution is 6.27. The Morgan fingerprint density at radius 1 is 1.15 bits per heavy atom. The van der Waals surface area contributed by atoms with Gasteiger partial charge in [0, 0.05) is 24.7 Å². The number of pyridine rings is 1. The van der Waals surface area contributed by atoms with Gasteiger partial charge in [0.15, 0.2) is 0 Å². The lowest BCUT2D eigenvalue weighted by Gasteiger charge is -2.19. The van der Waals surface area contributed by atoms with E-state index in [2.05, 4.69) is 29.0 Å². The first-order chi connectivity index (χ1) is 12.4. The topological polar surface area (TPSA) is 112 Å². The van der Waals surface area contributed by atoms with Crippen molar-refractivity contribution < 1.29 is 24.5 Å². The van der Waals surface area contributed by atoms with E-state index in [0.29, 0.717) is 0 Å². The smallest absolute Gasteiger partial charge is 0.414 e. The maximum absolute atomic E-state index is 9.10. The molecule has 2 aromatic rings. The molecule has 1 aromatic carbocycles. The van der Waals surface area contributed by atoms with Crippen LogP contribution < -0.4 is 10.1 Å². The quantitative estimate of drug-likeness (QED) is 0.642. The summed E-state index contributed by atoms with van der Waals surface area (Å²) in [6.45, 7) is 8.49. The molecule has 0 saturated heterocycles. The number of rotatable bonds is 7. The van der Waals surface area contributed by atoms with Crippen LogP contribution in [0.4, 0.5) is 5.69 Å². The summed E-state index contributed by atoms with van der Waals surface area (Å²) >= 11 is 0. The van der Waals surface area contributed by atoms with Crippen molar-refractivity contribution in [2.45, 2.75) is 13.8 Å². The Balaban J connectivity index is 0.000000487. The van der Waals surface area contributed by atoms with Crippen LogP contribution in [-0.2, 0) is 9.59 Å². The minimum Gasteiger partial charge on any atom is -0.496 e. The van der Waals surface area contributed by atoms with Crippen molar-refractivity contribution in [3.05, 3.63) is 30.5 Å². The standard InChI is InChI=1S/C16H23N3O.C2H2O4/c1-4-19(5-2)12-11-17-14-8-9-15(20-3)13-7-6-10-18-16(13)14;3-1(4)2(5)6/h6-10,17H,4-5,11-12H2,1-3H3;(H,3,4)(H,5,6). The number of likely N-dealkylation sites (N-methyl/N-ethyl adjacent to an activating group) is 1. The zero-order chi connectivity index (χ0) is 19.5. The van der Waals surface area contributed by atoms with Gasteiger partial charge in [0.05, 0.1) is 18.3 Å². The van der Waals surface area contributed by atoms with Crippen LogP contribution in [0.15, 0.2) is 30.5 Å². The largest absolute Gasteiger partial charge is 0.496 e. The number of hydrogen-bond donors (Lipinski definition) is 3. The predicted molar refractivity (Wildman–Crippen MR) is 99.8 cm³/mol. The number of carbonyl (C=O) groups is 2. The average Bonchev–Trinajstić information content (AvgIpc) is 2.65. The SMILES string of the molecule is CCN(CC)CCNc1ccc(OC)c2cccnc12.O=C(O)C(=O)O. The highest BCUT2D eigenvalue weighted by Crippen LogP contribution is 2.29. The molecule has 8 nitrogen and oxygen atoms in total. The zero-order valence-electron chi connectivity index (χ0n) is 15.2. The molecule has 0 atom stereocenters. The van der Waals surface area contributed by atoms with Crippen molar-refractivity contribution in [2.24, 2.45) is 0 Å². The van der Waals surface area contributed by atoms with Crippen molar-refractivity contribution in [3.63, 3.8) is 0 Å². The summed E-state index contributed by atoms with van der Waals surface area (Å²) in [6.07, 6.45) is 1.82. The molecule has 0 unspecified atom stereocenters. The van der Waals surface area contributed by atoms with Crippen LogP contribution in [0.3, 0.4) is 0 Å². The number of nitrogens with zero attached hydrogens (tertiary/aromatic N) is 2. The van der Waals surface area contributed by atoms with Gasteiger partial charge in [-0.1, -0.05) is 13.8 Å². The number of fused-ring (bicyclic) bond motifs is 1. The number of aliphatic carboxylic acids is 2. The fourth-order valence-electron chi connectivity index (χ4n) is 2.36. The molecule has 1 aromatic heterocycles. The van der Waals surface area contributed by atoms with E-state index in [1.165, 1.54) is 0 Å². The summed E-state index contributed by atoms with van der Waals surface area (Å²) in [4.78, 5) is 25.1. The monoisotopic (exact) mass is 363 g/mol. The van der Waals surface area contributed by atoms with Crippen molar-refractivity contribution in [2.75, 3.05) is 38.6 Å². The van der Waals surface area contributed by atoms with E-state index < -0.39 is 11.9 Å². The predicted octanol–water partition coefficient (Wildman–Crippen LogP) is 2.15. The molecule has 142 valence electrons. The van der Waals surface area contributed by atoms with E-state index in [1.807, 2.05) is 30.5 Å². The van der Waals surface area contributed by atoms with E-state index in [-0.39, 0.29) is 0 Å². The van der Waals surface area contributed by atoms with Crippen LogP contribution in [0.1, 0.15) is 13.8 Å². The molecule has 2 rings (SSSR count). The van der Waals surface area contributed by atoms with Gasteiger partial charge in [-0.05, 0) is 37.4 Å². The molecule has 0 spiro atoms. The van der Waals surface area contributed by atoms with Gasteiger partial charge in [0.25, 0.3) is 0 Å². The molecule has 3 N–H and O–H groups in total. The number of ether oxygens (including phenoxy) is 1. The molecule has 0 aliphatic heterocycles. The van der Waals surface area contributed by atoms with Crippen LogP contribution in [0.5, 0.6) is 5.75 Å². The number of hydrogen-bond acceptors (Lipinski definition) is 6. The minimum absolute atomic E-state index is 0.863. The number of benzene rings is 1. The van der Waals surface area contributed by atoms with Gasteiger partial charge < -0.3 is 25.2 Å². The summed E-state index contributed by atoms with van der Waals surface area (Å²) < 4.78 is 5.38. The molecule has 0 fully saturated rings. The Labute approximate surface area is 152 Å². The number of carboxylic acid groups (broad SMARTS) is 2. The molecule has 0 saturated carbocycles. The number of methoxy groups -OCH3 is 1. The Bertz CT molecular complexity index is 720. The third kappa shape index (κ3) is 6.21. The fourth-order valence-corrected chi connectivity index (χ4v) is 2.36. The average molecular weight is 363 g/mol. The molecule has 0 aliphatic rings. The molecule has 8 heteroatoms. The molecular formula is C18H25N3O5. The second-order valence-corrected chi connectivity index (χ2v) is 5.28. The Hall–Kier alpha value is -2.87. The Morgan fingerprint density at radius 3 is 2.35 bits per heavy atom. The molecule has 0 radical (unpaired) electrons. The maximum atomic E-state index is 9.10. The highest BCUT2D eigenvalue weighted by atomic mass is 16.5. The Kier molecular flexibility index (Phi) is 8.86. The minimum atomic E-state index is -1.82. The van der Waals surface area contributed by atoms with E-state index in [1.54, 1.807) is 7.11 Å². The fraction of sp³-hybridized carbons (Fsp3) is 0.389. The summed E-state index contributed by atoms with van der Waals surface area (Å²) in [5.74, 6) is -2.78. The molecule has 0 amide bonds. The number of carboxylic acids is 2. The van der Waals surface area contributed by atoms with Crippen molar-refractivity contribution in [1.82, 2.24) is 9.88 Å². The molecule has 1 heterocycles. The first-order valence-electron chi connectivity index (χ1n) is 8.28. The molecule has 26 heavy (non-hydrogen) atoms. The van der Waals surface area contributed by atoms with Crippen LogP contribution in [0.25, 0.3) is 10.9 Å². The van der Waals surface area contributed by atoms with Crippen LogP contribution in [0, 0.1) is 0 Å². The Morgan fingerprint density at radius 2 is 1.81 bits per heavy atom. The summed E-state index contributed by atoms with van der Waals surface area (Å²) in [7, 11) is 1.69. The van der Waals surface area contributed by atoms with Gasteiger partial charge in [-0.3, -0.25) is 4.98 Å². The summed E-state index contributed by atoms with van der Waals surface area (Å²) in [5.41, 5.74) is 2.03. The van der Waals surface area contributed by atoms with E-state index >= 15 is 0 Å². The van der Waals surface area contributed by atoms with Crippen LogP contribution in [0.2, 0.25) is 0 Å². The molecule has 0 aliphatic carbocycles. The maximum Gasteiger partial charge on any atom is 0.414 e. The highest BCUT2D eigenvalue weighted by Gasteiger charge is 2.07. The van der Waals surface area contributed by atoms with Crippen LogP contribution >= 0.6 is 0 Å². The van der Waals surface area contributed by atoms with Gasteiger partial charge >= 0.3 is 11.9 Å². The van der Waals surface area contributed by atoms with Crippen molar-refractivity contribution >= 4 is 28.5 Å². The summed E-state index contributed by atoms with van der Waals surface area (Å²) in [5, 5.41) is 19.3. The first-order valence-corrected chi connectivity index (χ1v) is 8.28. The second kappa shape index (κ2) is 10.9. The summed E-state index contributed by atoms with van der Waals surface area (Å²) in [6, 6.07) is 8.00. The molecular weight excluding hydrogens is 338 g/mol. The lowest BCUT2D eigenvalue weighted by Crippen LogP contribution is -2.28. The van der Waals surface area contributed by atoms with Gasteiger partial charge in [-0.15, -0.1) is 0 Å². The second-order valence-electron chi connectivity index (χ2n) is 5.28. The number of aromatic nitrogens is 1. The van der Waals surface area contributed by atoms with Crippen LogP contribution in [-0.4, -0.2) is 65.3 Å². The van der Waals surface area contributed by atoms with Crippen molar-refractivity contribution in [1.29, 1.82) is 0 Å². The zero-order valence-corrected chi connectivity index (χ0v) is 15.2. The lowest BCUT2D eigenvalue weighted by molar-refractivity contribution is -0.159. The van der Waals surface area contributed by atoms with Gasteiger partial charge in [-0.2, -0.15) is 0 Å². The van der Waals surface area contributed by atoms with E-state index in [0.717, 1.165) is 48.5 Å². The number of anilines is 1. The third-order valence-electron chi connectivity index (χ3n) is 3.77. The lowest BCUT2D eigenvalue weighted by atomic mass is 10.1. The molecule has 0 bridgehead atoms. The van der Waals surface area contributed by atoms with E-state index in [9.17, 15) is 0 Å². The van der Waals surface area contributed by atoms with Gasteiger partial charge in [0.1, 0.15) is 5.75 Å².